The van der Waals surface area contributed by atoms with Gasteiger partial charge in [-0.3, -0.25) is 4.79 Å². The van der Waals surface area contributed by atoms with Crippen molar-refractivity contribution in [3.63, 3.8) is 0 Å². The maximum absolute atomic E-state index is 10.9. The number of hydrogen-bond acceptors (Lipinski definition) is 4. The summed E-state index contributed by atoms with van der Waals surface area (Å²) in [6.07, 6.45) is 2.91. The first-order chi connectivity index (χ1) is 8.62. The fourth-order valence-corrected chi connectivity index (χ4v) is 1.81. The monoisotopic (exact) mass is 268 g/mol. The van der Waals surface area contributed by atoms with Crippen molar-refractivity contribution in [2.45, 2.75) is 58.6 Å². The molecule has 1 aromatic heterocycles. The number of amides is 1. The van der Waals surface area contributed by atoms with Gasteiger partial charge >= 0.3 is 0 Å². The van der Waals surface area contributed by atoms with E-state index in [1.165, 1.54) is 0 Å². The van der Waals surface area contributed by atoms with Gasteiger partial charge in [-0.1, -0.05) is 5.21 Å². The van der Waals surface area contributed by atoms with Gasteiger partial charge in [0.15, 0.2) is 0 Å². The van der Waals surface area contributed by atoms with E-state index < -0.39 is 5.60 Å². The van der Waals surface area contributed by atoms with E-state index in [1.807, 2.05) is 31.6 Å². The van der Waals surface area contributed by atoms with Crippen LogP contribution in [-0.2, 0) is 15.1 Å². The summed E-state index contributed by atoms with van der Waals surface area (Å²) in [7, 11) is 0. The lowest BCUT2D eigenvalue weighted by atomic mass is 10.0. The van der Waals surface area contributed by atoms with E-state index in [0.717, 1.165) is 12.1 Å². The molecule has 0 aliphatic heterocycles. The van der Waals surface area contributed by atoms with Crippen molar-refractivity contribution >= 4 is 5.91 Å². The molecular formula is C13H24N4O2. The summed E-state index contributed by atoms with van der Waals surface area (Å²) in [6, 6.07) is 0. The predicted octanol–water partition coefficient (Wildman–Crippen LogP) is 1.38. The Kier molecular flexibility index (Phi) is 4.68. The van der Waals surface area contributed by atoms with Gasteiger partial charge in [0.25, 0.3) is 0 Å². The fourth-order valence-electron chi connectivity index (χ4n) is 1.81. The largest absolute Gasteiger partial charge is 0.375 e. The van der Waals surface area contributed by atoms with Crippen molar-refractivity contribution in [3.05, 3.63) is 11.9 Å². The van der Waals surface area contributed by atoms with Crippen molar-refractivity contribution in [2.24, 2.45) is 5.73 Å². The molecule has 0 bridgehead atoms. The third-order valence-electron chi connectivity index (χ3n) is 3.03. The van der Waals surface area contributed by atoms with Gasteiger partial charge in [-0.05, 0) is 41.0 Å². The van der Waals surface area contributed by atoms with E-state index in [2.05, 4.69) is 24.2 Å². The van der Waals surface area contributed by atoms with E-state index in [9.17, 15) is 4.79 Å². The predicted molar refractivity (Wildman–Crippen MR) is 72.5 cm³/mol. The van der Waals surface area contributed by atoms with Gasteiger partial charge in [-0.25, -0.2) is 4.68 Å². The Morgan fingerprint density at radius 2 is 2.05 bits per heavy atom. The zero-order chi connectivity index (χ0) is 14.7. The van der Waals surface area contributed by atoms with Crippen LogP contribution < -0.4 is 5.73 Å². The number of nitrogens with zero attached hydrogens (tertiary/aromatic N) is 3. The third-order valence-corrected chi connectivity index (χ3v) is 3.03. The van der Waals surface area contributed by atoms with Crippen LogP contribution in [0.5, 0.6) is 0 Å². The van der Waals surface area contributed by atoms with Gasteiger partial charge in [0.2, 0.25) is 5.91 Å². The number of aryl methyl sites for hydroxylation is 1. The molecule has 108 valence electrons. The number of ether oxygens (including phenoxy) is 1. The van der Waals surface area contributed by atoms with E-state index in [-0.39, 0.29) is 17.9 Å². The van der Waals surface area contributed by atoms with Crippen molar-refractivity contribution < 1.29 is 9.53 Å². The molecule has 0 aliphatic carbocycles. The highest BCUT2D eigenvalue weighted by Crippen LogP contribution is 2.21. The van der Waals surface area contributed by atoms with E-state index in [0.29, 0.717) is 6.61 Å². The third kappa shape index (κ3) is 4.98. The molecule has 6 heteroatoms. The minimum absolute atomic E-state index is 0.177. The number of rotatable bonds is 7. The van der Waals surface area contributed by atoms with Crippen LogP contribution in [0.3, 0.4) is 0 Å². The second-order valence-electron chi connectivity index (χ2n) is 6.12. The quantitative estimate of drug-likeness (QED) is 0.810. The maximum atomic E-state index is 10.9. The first-order valence-corrected chi connectivity index (χ1v) is 6.44. The first-order valence-electron chi connectivity index (χ1n) is 6.44. The highest BCUT2D eigenvalue weighted by Gasteiger charge is 2.25. The average Bonchev–Trinajstić information content (AvgIpc) is 2.62. The van der Waals surface area contributed by atoms with Crippen LogP contribution in [0.25, 0.3) is 0 Å². The van der Waals surface area contributed by atoms with E-state index >= 15 is 0 Å². The van der Waals surface area contributed by atoms with Gasteiger partial charge in [0, 0.05) is 12.8 Å². The number of carbonyl (C=O) groups excluding carboxylic acids is 1. The Morgan fingerprint density at radius 1 is 1.42 bits per heavy atom. The summed E-state index contributed by atoms with van der Waals surface area (Å²) in [5, 5.41) is 8.08. The highest BCUT2D eigenvalue weighted by atomic mass is 16.5. The minimum Gasteiger partial charge on any atom is -0.375 e. The average molecular weight is 268 g/mol. The number of primary amides is 1. The lowest BCUT2D eigenvalue weighted by molar-refractivity contribution is -0.124. The van der Waals surface area contributed by atoms with Gasteiger partial charge in [-0.15, -0.1) is 5.10 Å². The Morgan fingerprint density at radius 3 is 2.53 bits per heavy atom. The molecule has 19 heavy (non-hydrogen) atoms. The molecule has 2 N–H and O–H groups in total. The molecule has 1 amide bonds. The standard InChI is InChI=1S/C13H24N4O2/c1-10-9-17(16-15-10)12(2,3)6-7-19-13(4,5)8-11(14)18/h9H,6-8H2,1-5H3,(H2,14,18). The van der Waals surface area contributed by atoms with Crippen LogP contribution in [0.15, 0.2) is 6.20 Å². The van der Waals surface area contributed by atoms with Crippen molar-refractivity contribution in [1.82, 2.24) is 15.0 Å². The summed E-state index contributed by atoms with van der Waals surface area (Å²) in [5.74, 6) is -0.351. The Bertz CT molecular complexity index is 438. The molecule has 0 unspecified atom stereocenters. The highest BCUT2D eigenvalue weighted by molar-refractivity contribution is 5.74. The van der Waals surface area contributed by atoms with Crippen LogP contribution in [0, 0.1) is 6.92 Å². The molecular weight excluding hydrogens is 244 g/mol. The first kappa shape index (κ1) is 15.6. The second-order valence-corrected chi connectivity index (χ2v) is 6.12. The minimum atomic E-state index is -0.528. The summed E-state index contributed by atoms with van der Waals surface area (Å²) >= 11 is 0. The van der Waals surface area contributed by atoms with Crippen molar-refractivity contribution in [2.75, 3.05) is 6.61 Å². The molecule has 0 saturated heterocycles. The maximum Gasteiger partial charge on any atom is 0.220 e. The SMILES string of the molecule is Cc1cn(C(C)(C)CCOC(C)(C)CC(N)=O)nn1. The molecule has 1 rings (SSSR count). The van der Waals surface area contributed by atoms with Crippen LogP contribution >= 0.6 is 0 Å². The molecule has 1 aromatic rings. The van der Waals surface area contributed by atoms with E-state index in [1.54, 1.807) is 0 Å². The van der Waals surface area contributed by atoms with Gasteiger partial charge in [-0.2, -0.15) is 0 Å². The van der Waals surface area contributed by atoms with Gasteiger partial charge < -0.3 is 10.5 Å². The molecule has 0 atom stereocenters. The van der Waals surface area contributed by atoms with Gasteiger partial charge in [0.05, 0.1) is 23.3 Å². The Hall–Kier alpha value is -1.43. The Labute approximate surface area is 114 Å². The molecule has 0 saturated carbocycles. The zero-order valence-electron chi connectivity index (χ0n) is 12.4. The lowest BCUT2D eigenvalue weighted by Crippen LogP contribution is -2.34. The summed E-state index contributed by atoms with van der Waals surface area (Å²) < 4.78 is 7.58. The number of nitrogens with two attached hydrogens (primary N) is 1. The van der Waals surface area contributed by atoms with Crippen molar-refractivity contribution in [3.8, 4) is 0 Å². The zero-order valence-corrected chi connectivity index (χ0v) is 12.4. The molecule has 6 nitrogen and oxygen atoms in total. The molecule has 0 fully saturated rings. The second kappa shape index (κ2) is 5.69. The molecule has 0 aliphatic rings. The summed E-state index contributed by atoms with van der Waals surface area (Å²) in [6.45, 7) is 10.3. The lowest BCUT2D eigenvalue weighted by Gasteiger charge is -2.28. The smallest absolute Gasteiger partial charge is 0.220 e. The van der Waals surface area contributed by atoms with Crippen LogP contribution in [0.1, 0.15) is 46.2 Å². The number of aromatic nitrogens is 3. The van der Waals surface area contributed by atoms with Crippen molar-refractivity contribution in [1.29, 1.82) is 0 Å². The topological polar surface area (TPSA) is 83.0 Å². The molecule has 0 spiro atoms. The fraction of sp³-hybridized carbons (Fsp3) is 0.769. The number of hydrogen-bond donors (Lipinski definition) is 1. The van der Waals surface area contributed by atoms with Gasteiger partial charge in [0.1, 0.15) is 0 Å². The van der Waals surface area contributed by atoms with Crippen LogP contribution in [-0.4, -0.2) is 33.1 Å². The number of carbonyl (C=O) groups is 1. The van der Waals surface area contributed by atoms with Crippen LogP contribution in [0.2, 0.25) is 0 Å². The summed E-state index contributed by atoms with van der Waals surface area (Å²) in [4.78, 5) is 10.9. The molecule has 0 aromatic carbocycles. The van der Waals surface area contributed by atoms with Crippen LogP contribution in [0.4, 0.5) is 0 Å². The normalized spacial score (nSPS) is 12.7. The van der Waals surface area contributed by atoms with E-state index in [4.69, 9.17) is 10.5 Å². The molecule has 0 radical (unpaired) electrons. The molecule has 1 heterocycles. The summed E-state index contributed by atoms with van der Waals surface area (Å²) in [5.41, 5.74) is 5.38. The Balaban J connectivity index is 2.50.